The summed E-state index contributed by atoms with van der Waals surface area (Å²) in [4.78, 5) is 8.44. The van der Waals surface area contributed by atoms with Crippen molar-refractivity contribution in [2.24, 2.45) is 5.92 Å². The summed E-state index contributed by atoms with van der Waals surface area (Å²) in [6.07, 6.45) is 4.17. The molecule has 0 spiro atoms. The second-order valence-electron chi connectivity index (χ2n) is 4.28. The zero-order valence-corrected chi connectivity index (χ0v) is 9.78. The first-order chi connectivity index (χ1) is 7.84. The van der Waals surface area contributed by atoms with E-state index in [9.17, 15) is 0 Å². The number of nitrogens with zero attached hydrogens (tertiary/aromatic N) is 2. The number of aryl methyl sites for hydroxylation is 1. The van der Waals surface area contributed by atoms with E-state index in [1.165, 1.54) is 12.8 Å². The van der Waals surface area contributed by atoms with Crippen LogP contribution >= 0.6 is 0 Å². The summed E-state index contributed by atoms with van der Waals surface area (Å²) in [7, 11) is 0. The molecule has 0 saturated carbocycles. The van der Waals surface area contributed by atoms with Crippen molar-refractivity contribution in [3.63, 3.8) is 0 Å². The molecule has 0 bridgehead atoms. The zero-order chi connectivity index (χ0) is 11.2. The van der Waals surface area contributed by atoms with Crippen molar-refractivity contribution in [2.45, 2.75) is 26.3 Å². The molecule has 4 nitrogen and oxygen atoms in total. The van der Waals surface area contributed by atoms with Gasteiger partial charge >= 0.3 is 0 Å². The third-order valence-corrected chi connectivity index (χ3v) is 2.91. The summed E-state index contributed by atoms with van der Waals surface area (Å²) < 4.78 is 5.33. The van der Waals surface area contributed by atoms with Crippen molar-refractivity contribution >= 4 is 0 Å². The minimum Gasteiger partial charge on any atom is -0.381 e. The second-order valence-corrected chi connectivity index (χ2v) is 4.28. The Labute approximate surface area is 96.4 Å². The number of rotatable bonds is 4. The molecule has 88 valence electrons. The van der Waals surface area contributed by atoms with Gasteiger partial charge in [-0.1, -0.05) is 0 Å². The fourth-order valence-corrected chi connectivity index (χ4v) is 1.96. The fraction of sp³-hybridized carbons (Fsp3) is 0.667. The standard InChI is InChI=1S/C12H19N3O/c1-10-14-5-2-12(15-10)9-13-8-11-3-6-16-7-4-11/h2,5,11,13H,3-4,6-9H2,1H3. The van der Waals surface area contributed by atoms with Crippen molar-refractivity contribution in [1.82, 2.24) is 15.3 Å². The van der Waals surface area contributed by atoms with E-state index >= 15 is 0 Å². The number of hydrogen-bond donors (Lipinski definition) is 1. The van der Waals surface area contributed by atoms with Gasteiger partial charge in [-0.3, -0.25) is 0 Å². The highest BCUT2D eigenvalue weighted by atomic mass is 16.5. The lowest BCUT2D eigenvalue weighted by Gasteiger charge is -2.22. The number of hydrogen-bond acceptors (Lipinski definition) is 4. The summed E-state index contributed by atoms with van der Waals surface area (Å²) in [5.41, 5.74) is 1.07. The van der Waals surface area contributed by atoms with E-state index in [0.717, 1.165) is 43.7 Å². The van der Waals surface area contributed by atoms with E-state index in [0.29, 0.717) is 0 Å². The van der Waals surface area contributed by atoms with Gasteiger partial charge in [-0.25, -0.2) is 9.97 Å². The Hall–Kier alpha value is -1.00. The maximum Gasteiger partial charge on any atom is 0.125 e. The highest BCUT2D eigenvalue weighted by molar-refractivity contribution is 5.00. The molecule has 16 heavy (non-hydrogen) atoms. The summed E-state index contributed by atoms with van der Waals surface area (Å²) >= 11 is 0. The van der Waals surface area contributed by atoms with Gasteiger partial charge in [0.2, 0.25) is 0 Å². The van der Waals surface area contributed by atoms with E-state index in [2.05, 4.69) is 15.3 Å². The zero-order valence-electron chi connectivity index (χ0n) is 9.78. The molecule has 1 N–H and O–H groups in total. The predicted molar refractivity (Wildman–Crippen MR) is 62.0 cm³/mol. The molecule has 1 aromatic heterocycles. The number of aromatic nitrogens is 2. The molecule has 1 aromatic rings. The van der Waals surface area contributed by atoms with E-state index in [4.69, 9.17) is 4.74 Å². The molecule has 2 heterocycles. The lowest BCUT2D eigenvalue weighted by atomic mass is 10.0. The molecule has 1 fully saturated rings. The summed E-state index contributed by atoms with van der Waals surface area (Å²) in [5, 5.41) is 3.45. The van der Waals surface area contributed by atoms with Crippen molar-refractivity contribution in [3.8, 4) is 0 Å². The largest absolute Gasteiger partial charge is 0.381 e. The molecule has 1 aliphatic rings. The van der Waals surface area contributed by atoms with Crippen LogP contribution in [0, 0.1) is 12.8 Å². The maximum absolute atomic E-state index is 5.33. The first-order valence-corrected chi connectivity index (χ1v) is 5.91. The highest BCUT2D eigenvalue weighted by Crippen LogP contribution is 2.13. The third-order valence-electron chi connectivity index (χ3n) is 2.91. The Morgan fingerprint density at radius 3 is 3.00 bits per heavy atom. The highest BCUT2D eigenvalue weighted by Gasteiger charge is 2.12. The summed E-state index contributed by atoms with van der Waals surface area (Å²) in [6.45, 7) is 5.65. The molecule has 0 aromatic carbocycles. The Balaban J connectivity index is 1.71. The van der Waals surface area contributed by atoms with Gasteiger partial charge in [0.05, 0.1) is 5.69 Å². The van der Waals surface area contributed by atoms with Gasteiger partial charge in [-0.2, -0.15) is 0 Å². The van der Waals surface area contributed by atoms with Gasteiger partial charge in [0.25, 0.3) is 0 Å². The molecule has 1 saturated heterocycles. The SMILES string of the molecule is Cc1nccc(CNCC2CCOCC2)n1. The van der Waals surface area contributed by atoms with Crippen LogP contribution in [-0.2, 0) is 11.3 Å². The van der Waals surface area contributed by atoms with Crippen LogP contribution in [-0.4, -0.2) is 29.7 Å². The third kappa shape index (κ3) is 3.54. The van der Waals surface area contributed by atoms with Gasteiger partial charge in [0.15, 0.2) is 0 Å². The minimum atomic E-state index is 0.761. The minimum absolute atomic E-state index is 0.761. The first-order valence-electron chi connectivity index (χ1n) is 5.91. The topological polar surface area (TPSA) is 47.0 Å². The molecule has 0 atom stereocenters. The van der Waals surface area contributed by atoms with Crippen LogP contribution < -0.4 is 5.32 Å². The smallest absolute Gasteiger partial charge is 0.125 e. The quantitative estimate of drug-likeness (QED) is 0.832. The van der Waals surface area contributed by atoms with Crippen LogP contribution in [0.25, 0.3) is 0 Å². The molecular weight excluding hydrogens is 202 g/mol. The van der Waals surface area contributed by atoms with E-state index in [1.54, 1.807) is 0 Å². The average molecular weight is 221 g/mol. The van der Waals surface area contributed by atoms with Crippen molar-refractivity contribution in [2.75, 3.05) is 19.8 Å². The van der Waals surface area contributed by atoms with Gasteiger partial charge < -0.3 is 10.1 Å². The second kappa shape index (κ2) is 5.92. The van der Waals surface area contributed by atoms with E-state index < -0.39 is 0 Å². The monoisotopic (exact) mass is 221 g/mol. The fourth-order valence-electron chi connectivity index (χ4n) is 1.96. The van der Waals surface area contributed by atoms with Crippen LogP contribution in [0.2, 0.25) is 0 Å². The molecule has 1 aliphatic heterocycles. The van der Waals surface area contributed by atoms with Crippen molar-refractivity contribution < 1.29 is 4.74 Å². The normalized spacial score (nSPS) is 17.6. The van der Waals surface area contributed by atoms with E-state index in [1.807, 2.05) is 19.2 Å². The number of ether oxygens (including phenoxy) is 1. The Morgan fingerprint density at radius 2 is 2.25 bits per heavy atom. The van der Waals surface area contributed by atoms with Crippen LogP contribution in [0.5, 0.6) is 0 Å². The first kappa shape index (κ1) is 11.5. The average Bonchev–Trinajstić information content (AvgIpc) is 2.30. The van der Waals surface area contributed by atoms with Gasteiger partial charge in [-0.05, 0) is 38.3 Å². The molecule has 0 aliphatic carbocycles. The molecule has 0 unspecified atom stereocenters. The van der Waals surface area contributed by atoms with Crippen LogP contribution in [0.15, 0.2) is 12.3 Å². The van der Waals surface area contributed by atoms with Crippen molar-refractivity contribution in [3.05, 3.63) is 23.8 Å². The molecule has 0 radical (unpaired) electrons. The lowest BCUT2D eigenvalue weighted by molar-refractivity contribution is 0.0662. The Kier molecular flexibility index (Phi) is 4.25. The summed E-state index contributed by atoms with van der Waals surface area (Å²) in [6, 6.07) is 1.96. The van der Waals surface area contributed by atoms with Gasteiger partial charge in [0.1, 0.15) is 5.82 Å². The van der Waals surface area contributed by atoms with Crippen LogP contribution in [0.4, 0.5) is 0 Å². The van der Waals surface area contributed by atoms with Crippen molar-refractivity contribution in [1.29, 1.82) is 0 Å². The maximum atomic E-state index is 5.33. The lowest BCUT2D eigenvalue weighted by Crippen LogP contribution is -2.27. The molecule has 4 heteroatoms. The molecule has 2 rings (SSSR count). The Morgan fingerprint density at radius 1 is 1.44 bits per heavy atom. The molecular formula is C12H19N3O. The van der Waals surface area contributed by atoms with Gasteiger partial charge in [-0.15, -0.1) is 0 Å². The van der Waals surface area contributed by atoms with Crippen LogP contribution in [0.3, 0.4) is 0 Å². The molecule has 0 amide bonds. The Bertz CT molecular complexity index is 324. The van der Waals surface area contributed by atoms with Crippen LogP contribution in [0.1, 0.15) is 24.4 Å². The van der Waals surface area contributed by atoms with Gasteiger partial charge in [0, 0.05) is 26.0 Å². The predicted octanol–water partition coefficient (Wildman–Crippen LogP) is 1.30. The summed E-state index contributed by atoms with van der Waals surface area (Å²) in [5.74, 6) is 1.60. The van der Waals surface area contributed by atoms with E-state index in [-0.39, 0.29) is 0 Å². The number of nitrogens with one attached hydrogen (secondary N) is 1.